The van der Waals surface area contributed by atoms with Crippen molar-refractivity contribution >= 4 is 35.1 Å². The highest BCUT2D eigenvalue weighted by molar-refractivity contribution is 6.36. The van der Waals surface area contributed by atoms with Gasteiger partial charge in [0.1, 0.15) is 5.57 Å². The summed E-state index contributed by atoms with van der Waals surface area (Å²) < 4.78 is 5.86. The van der Waals surface area contributed by atoms with Crippen LogP contribution in [0.4, 0.5) is 5.69 Å². The minimum Gasteiger partial charge on any atom is -0.481 e. The van der Waals surface area contributed by atoms with E-state index in [2.05, 4.69) is 16.3 Å². The number of aryl methyl sites for hydroxylation is 1. The van der Waals surface area contributed by atoms with Gasteiger partial charge in [0, 0.05) is 42.5 Å². The number of amides is 2. The third-order valence-corrected chi connectivity index (χ3v) is 9.71. The topological polar surface area (TPSA) is 112 Å². The van der Waals surface area contributed by atoms with E-state index < -0.39 is 11.9 Å². The van der Waals surface area contributed by atoms with Gasteiger partial charge in [-0.2, -0.15) is 0 Å². The molecule has 1 fully saturated rings. The van der Waals surface area contributed by atoms with Crippen LogP contribution in [0, 0.1) is 12.8 Å². The van der Waals surface area contributed by atoms with Gasteiger partial charge in [-0.25, -0.2) is 4.98 Å². The lowest BCUT2D eigenvalue weighted by molar-refractivity contribution is -0.143. The van der Waals surface area contributed by atoms with Gasteiger partial charge in [-0.3, -0.25) is 19.3 Å². The average Bonchev–Trinajstić information content (AvgIpc) is 3.51. The van der Waals surface area contributed by atoms with Crippen LogP contribution in [-0.4, -0.2) is 72.0 Å². The third kappa shape index (κ3) is 7.17. The van der Waals surface area contributed by atoms with Crippen LogP contribution in [0.2, 0.25) is 5.02 Å². The number of carbonyl (C=O) groups excluding carboxylic acids is 2. The van der Waals surface area contributed by atoms with Crippen molar-refractivity contribution in [3.05, 3.63) is 88.0 Å². The molecular weight excluding hydrogens is 628 g/mol. The van der Waals surface area contributed by atoms with Crippen LogP contribution in [0.1, 0.15) is 55.3 Å². The van der Waals surface area contributed by atoms with Crippen molar-refractivity contribution in [2.75, 3.05) is 39.6 Å². The summed E-state index contributed by atoms with van der Waals surface area (Å²) in [5, 5.41) is 12.9. The molecular formula is C38H43ClN4O5. The molecule has 9 nitrogen and oxygen atoms in total. The number of piperidine rings is 1. The van der Waals surface area contributed by atoms with E-state index in [1.807, 2.05) is 56.3 Å². The van der Waals surface area contributed by atoms with Gasteiger partial charge in [-0.1, -0.05) is 61.0 Å². The molecule has 1 aliphatic carbocycles. The highest BCUT2D eigenvalue weighted by Gasteiger charge is 2.36. The second-order valence-electron chi connectivity index (χ2n) is 12.5. The van der Waals surface area contributed by atoms with Crippen molar-refractivity contribution < 1.29 is 24.2 Å². The van der Waals surface area contributed by atoms with Gasteiger partial charge >= 0.3 is 5.97 Å². The van der Waals surface area contributed by atoms with E-state index in [1.54, 1.807) is 33.4 Å². The molecule has 48 heavy (non-hydrogen) atoms. The number of carbonyl (C=O) groups is 3. The molecule has 2 amide bonds. The number of ether oxygens (including phenoxy) is 1. The van der Waals surface area contributed by atoms with Gasteiger partial charge in [0.15, 0.2) is 0 Å². The predicted octanol–water partition coefficient (Wildman–Crippen LogP) is 7.09. The zero-order valence-electron chi connectivity index (χ0n) is 28.2. The Balaban J connectivity index is 1.45. The maximum absolute atomic E-state index is 13.3. The predicted molar refractivity (Wildman–Crippen MR) is 189 cm³/mol. The number of rotatable bonds is 10. The van der Waals surface area contributed by atoms with E-state index in [-0.39, 0.29) is 23.4 Å². The first-order chi connectivity index (χ1) is 23.0. The van der Waals surface area contributed by atoms with Crippen molar-refractivity contribution in [2.24, 2.45) is 5.92 Å². The molecule has 2 aliphatic rings. The number of hydrogen-bond acceptors (Lipinski definition) is 6. The highest BCUT2D eigenvalue weighted by Crippen LogP contribution is 2.45. The van der Waals surface area contributed by atoms with Crippen LogP contribution in [0.3, 0.4) is 0 Å². The fourth-order valence-corrected chi connectivity index (χ4v) is 7.00. The fourth-order valence-electron chi connectivity index (χ4n) is 6.67. The van der Waals surface area contributed by atoms with Gasteiger partial charge in [-0.05, 0) is 87.0 Å². The van der Waals surface area contributed by atoms with Crippen LogP contribution >= 0.6 is 11.6 Å². The van der Waals surface area contributed by atoms with Gasteiger partial charge in [0.2, 0.25) is 5.88 Å². The number of nitrogens with zero attached hydrogens (tertiary/aromatic N) is 3. The quantitative estimate of drug-likeness (QED) is 0.103. The lowest BCUT2D eigenvalue weighted by Gasteiger charge is -2.35. The number of fused-ring (bicyclic) bond motifs is 1. The molecule has 5 rings (SSSR count). The number of aromatic nitrogens is 1. The fraction of sp³-hybridized carbons (Fsp3) is 0.368. The maximum Gasteiger partial charge on any atom is 0.306 e. The number of carboxylic acid groups (broad SMARTS) is 1. The largest absolute Gasteiger partial charge is 0.481 e. The third-order valence-electron chi connectivity index (χ3n) is 9.31. The van der Waals surface area contributed by atoms with Crippen molar-refractivity contribution in [1.29, 1.82) is 0 Å². The summed E-state index contributed by atoms with van der Waals surface area (Å²) >= 11 is 7.15. The number of methoxy groups -OCH3 is 1. The van der Waals surface area contributed by atoms with Gasteiger partial charge in [-0.15, -0.1) is 0 Å². The number of hydrogen-bond donors (Lipinski definition) is 2. The first kappa shape index (κ1) is 34.9. The number of allylic oxidation sites excluding steroid dienone is 3. The molecule has 1 aliphatic heterocycles. The van der Waals surface area contributed by atoms with Crippen LogP contribution in [0.25, 0.3) is 22.4 Å². The summed E-state index contributed by atoms with van der Waals surface area (Å²) in [6.07, 6.45) is 9.00. The molecule has 10 heteroatoms. The Hall–Kier alpha value is -4.47. The molecule has 2 aromatic carbocycles. The van der Waals surface area contributed by atoms with E-state index in [9.17, 15) is 19.5 Å². The number of benzene rings is 2. The number of likely N-dealkylation sites (tertiary alicyclic amines) is 1. The van der Waals surface area contributed by atoms with Gasteiger partial charge in [0.05, 0.1) is 23.7 Å². The molecule has 3 aromatic rings. The molecule has 0 saturated carbocycles. The minimum absolute atomic E-state index is 0.0399. The van der Waals surface area contributed by atoms with Gasteiger partial charge < -0.3 is 20.1 Å². The van der Waals surface area contributed by atoms with E-state index in [4.69, 9.17) is 21.3 Å². The minimum atomic E-state index is -0.714. The number of likely N-dealkylation sites (N-methyl/N-ethyl adjacent to an activating group) is 1. The summed E-state index contributed by atoms with van der Waals surface area (Å²) in [6.45, 7) is 5.37. The van der Waals surface area contributed by atoms with Crippen LogP contribution in [0.15, 0.2) is 66.3 Å². The lowest BCUT2D eigenvalue weighted by Crippen LogP contribution is -2.38. The zero-order valence-corrected chi connectivity index (χ0v) is 28.9. The Morgan fingerprint density at radius 2 is 1.77 bits per heavy atom. The monoisotopic (exact) mass is 670 g/mol. The molecule has 1 saturated heterocycles. The van der Waals surface area contributed by atoms with Crippen molar-refractivity contribution in [2.45, 2.75) is 52.0 Å². The molecule has 0 bridgehead atoms. The van der Waals surface area contributed by atoms with Crippen LogP contribution in [-0.2, 0) is 20.8 Å². The molecule has 1 aromatic heterocycles. The molecule has 1 unspecified atom stereocenters. The van der Waals surface area contributed by atoms with Crippen LogP contribution in [0.5, 0.6) is 5.88 Å². The normalized spacial score (nSPS) is 17.0. The molecule has 1 atom stereocenters. The summed E-state index contributed by atoms with van der Waals surface area (Å²) in [4.78, 5) is 46.3. The SMILES string of the molecule is CC/C=C/C=C(/C(=O)Nc1cccc(-c2cccc(-c3cc4c(c(OC)n3)C(N3CCC(C(=O)O)CC3)CC4)c2Cl)c1C)C(=O)N(C)C. The number of pyridine rings is 1. The lowest BCUT2D eigenvalue weighted by atomic mass is 9.94. The van der Waals surface area contributed by atoms with Crippen molar-refractivity contribution in [3.63, 3.8) is 0 Å². The van der Waals surface area contributed by atoms with E-state index in [0.29, 0.717) is 35.1 Å². The second-order valence-corrected chi connectivity index (χ2v) is 12.9. The Morgan fingerprint density at radius 1 is 1.08 bits per heavy atom. The number of halogens is 1. The Morgan fingerprint density at radius 3 is 2.44 bits per heavy atom. The molecule has 252 valence electrons. The van der Waals surface area contributed by atoms with E-state index >= 15 is 0 Å². The van der Waals surface area contributed by atoms with Crippen LogP contribution < -0.4 is 10.1 Å². The standard InChI is InChI=1S/C38H43ClN4O5/c1-6-7-8-11-29(37(45)42(3)4)35(44)40-30-15-10-12-26(23(30)2)27-13-9-14-28(34(27)39)31-22-25-16-17-32(33(25)36(41-31)48-5)43-20-18-24(19-21-43)38(46)47/h7-15,22,24,32H,6,16-21H2,1-5H3,(H,40,44)(H,46,47)/b8-7+,29-11-. The average molecular weight is 671 g/mol. The molecule has 0 spiro atoms. The Labute approximate surface area is 287 Å². The van der Waals surface area contributed by atoms with E-state index in [0.717, 1.165) is 65.7 Å². The Bertz CT molecular complexity index is 1770. The maximum atomic E-state index is 13.3. The zero-order chi connectivity index (χ0) is 34.5. The number of anilines is 1. The number of aliphatic carboxylic acids is 1. The van der Waals surface area contributed by atoms with Crippen molar-refractivity contribution in [1.82, 2.24) is 14.8 Å². The first-order valence-electron chi connectivity index (χ1n) is 16.4. The Kier molecular flexibility index (Phi) is 11.0. The summed E-state index contributed by atoms with van der Waals surface area (Å²) in [5.74, 6) is -1.31. The number of carboxylic acids is 1. The number of nitrogens with one attached hydrogen (secondary N) is 1. The summed E-state index contributed by atoms with van der Waals surface area (Å²) in [7, 11) is 4.86. The van der Waals surface area contributed by atoms with Gasteiger partial charge in [0.25, 0.3) is 11.8 Å². The first-order valence-corrected chi connectivity index (χ1v) is 16.8. The second kappa shape index (κ2) is 15.2. The summed E-state index contributed by atoms with van der Waals surface area (Å²) in [6, 6.07) is 13.7. The summed E-state index contributed by atoms with van der Waals surface area (Å²) in [5.41, 5.74) is 6.76. The molecule has 2 heterocycles. The van der Waals surface area contributed by atoms with Crippen molar-refractivity contribution in [3.8, 4) is 28.3 Å². The molecule has 2 N–H and O–H groups in total. The highest BCUT2D eigenvalue weighted by atomic mass is 35.5. The van der Waals surface area contributed by atoms with E-state index in [1.165, 1.54) is 4.90 Å². The smallest absolute Gasteiger partial charge is 0.306 e. The molecule has 0 radical (unpaired) electrons.